The Hall–Kier alpha value is 0. The van der Waals surface area contributed by atoms with Crippen molar-refractivity contribution in [3.63, 3.8) is 0 Å². The molecule has 0 spiro atoms. The van der Waals surface area contributed by atoms with E-state index in [2.05, 4.69) is 29.5 Å². The second-order valence-corrected chi connectivity index (χ2v) is 5.47. The number of carbonyl (C=O) groups is 1. The van der Waals surface area contributed by atoms with Crippen molar-refractivity contribution in [1.29, 1.82) is 0 Å². The van der Waals surface area contributed by atoms with Crippen LogP contribution in [-0.2, 0) is 4.74 Å². The third-order valence-electron chi connectivity index (χ3n) is 2.80. The number of hydrogen-bond donors (Lipinski definition) is 1. The first-order chi connectivity index (χ1) is 6.65. The number of carbonyl (C=O) groups excluding carboxylic acids is 1. The van der Waals surface area contributed by atoms with Gasteiger partial charge in [-0.25, -0.2) is 4.79 Å². The molecule has 1 aliphatic carbocycles. The summed E-state index contributed by atoms with van der Waals surface area (Å²) >= 11 is 2.47. The fraction of sp³-hybridized carbons (Fsp3) is 0.900. The largest absolute Gasteiger partial charge is 0.446 e. The van der Waals surface area contributed by atoms with Gasteiger partial charge in [-0.05, 0) is 25.7 Å². The van der Waals surface area contributed by atoms with E-state index in [0.717, 1.165) is 25.7 Å². The Morgan fingerprint density at radius 2 is 2.29 bits per heavy atom. The fourth-order valence-corrected chi connectivity index (χ4v) is 3.43. The fourth-order valence-electron chi connectivity index (χ4n) is 2.17. The van der Waals surface area contributed by atoms with Gasteiger partial charge < -0.3 is 10.5 Å². The van der Waals surface area contributed by atoms with Crippen molar-refractivity contribution in [2.24, 2.45) is 11.7 Å². The number of hydrogen-bond acceptors (Lipinski definition) is 2. The average Bonchev–Trinajstić information content (AvgIpc) is 2.10. The normalized spacial score (nSPS) is 32.6. The molecule has 1 aliphatic rings. The van der Waals surface area contributed by atoms with Crippen molar-refractivity contribution in [3.8, 4) is 0 Å². The van der Waals surface area contributed by atoms with Gasteiger partial charge >= 0.3 is 6.09 Å². The van der Waals surface area contributed by atoms with E-state index in [-0.39, 0.29) is 6.10 Å². The monoisotopic (exact) mass is 311 g/mol. The SMILES string of the molecule is CCCC1C(I)CCCC1OC(N)=O. The first kappa shape index (κ1) is 12.1. The molecule has 0 heterocycles. The van der Waals surface area contributed by atoms with Crippen LogP contribution in [-0.4, -0.2) is 16.1 Å². The molecule has 1 rings (SSSR count). The number of primary amides is 1. The highest BCUT2D eigenvalue weighted by Gasteiger charge is 2.33. The maximum Gasteiger partial charge on any atom is 0.404 e. The Morgan fingerprint density at radius 3 is 2.86 bits per heavy atom. The van der Waals surface area contributed by atoms with Gasteiger partial charge in [-0.3, -0.25) is 0 Å². The van der Waals surface area contributed by atoms with Gasteiger partial charge in [-0.1, -0.05) is 35.9 Å². The van der Waals surface area contributed by atoms with Crippen molar-refractivity contribution >= 4 is 28.7 Å². The summed E-state index contributed by atoms with van der Waals surface area (Å²) in [6.07, 6.45) is 5.07. The molecule has 0 aromatic carbocycles. The minimum absolute atomic E-state index is 0.0584. The molecule has 0 radical (unpaired) electrons. The number of ether oxygens (including phenoxy) is 1. The molecule has 2 N–H and O–H groups in total. The lowest BCUT2D eigenvalue weighted by atomic mass is 9.83. The third kappa shape index (κ3) is 3.29. The summed E-state index contributed by atoms with van der Waals surface area (Å²) < 4.78 is 5.79. The summed E-state index contributed by atoms with van der Waals surface area (Å²) in [6.45, 7) is 2.17. The van der Waals surface area contributed by atoms with Crippen molar-refractivity contribution in [3.05, 3.63) is 0 Å². The van der Waals surface area contributed by atoms with Crippen molar-refractivity contribution in [1.82, 2.24) is 0 Å². The molecule has 14 heavy (non-hydrogen) atoms. The summed E-state index contributed by atoms with van der Waals surface area (Å²) in [5.74, 6) is 0.502. The molecule has 3 atom stereocenters. The summed E-state index contributed by atoms with van der Waals surface area (Å²) in [4.78, 5) is 10.7. The molecule has 0 aliphatic heterocycles. The topological polar surface area (TPSA) is 52.3 Å². The maximum absolute atomic E-state index is 10.7. The van der Waals surface area contributed by atoms with E-state index in [4.69, 9.17) is 10.5 Å². The van der Waals surface area contributed by atoms with Crippen LogP contribution in [0.1, 0.15) is 39.0 Å². The highest BCUT2D eigenvalue weighted by molar-refractivity contribution is 14.1. The zero-order valence-corrected chi connectivity index (χ0v) is 10.7. The molecule has 0 aromatic heterocycles. The molecular formula is C10H18INO2. The van der Waals surface area contributed by atoms with Gasteiger partial charge in [0.25, 0.3) is 0 Å². The molecule has 0 bridgehead atoms. The van der Waals surface area contributed by atoms with E-state index >= 15 is 0 Å². The van der Waals surface area contributed by atoms with Crippen LogP contribution in [0.5, 0.6) is 0 Å². The van der Waals surface area contributed by atoms with Crippen LogP contribution < -0.4 is 5.73 Å². The van der Waals surface area contributed by atoms with Gasteiger partial charge in [0.05, 0.1) is 0 Å². The molecule has 0 saturated heterocycles. The second-order valence-electron chi connectivity index (χ2n) is 3.87. The standard InChI is InChI=1S/C10H18INO2/c1-2-4-7-8(11)5-3-6-9(7)14-10(12)13/h7-9H,2-6H2,1H3,(H2,12,13). The molecule has 1 fully saturated rings. The lowest BCUT2D eigenvalue weighted by Gasteiger charge is -2.34. The number of nitrogens with two attached hydrogens (primary N) is 1. The minimum atomic E-state index is -0.624. The van der Waals surface area contributed by atoms with Gasteiger partial charge in [-0.2, -0.15) is 0 Å². The van der Waals surface area contributed by atoms with Crippen LogP contribution in [0.2, 0.25) is 0 Å². The Morgan fingerprint density at radius 1 is 1.57 bits per heavy atom. The van der Waals surface area contributed by atoms with E-state index in [0.29, 0.717) is 9.84 Å². The lowest BCUT2D eigenvalue weighted by Crippen LogP contribution is -2.37. The van der Waals surface area contributed by atoms with Gasteiger partial charge in [0.15, 0.2) is 0 Å². The van der Waals surface area contributed by atoms with Gasteiger partial charge in [0, 0.05) is 9.84 Å². The zero-order chi connectivity index (χ0) is 10.6. The van der Waals surface area contributed by atoms with Gasteiger partial charge in [-0.15, -0.1) is 0 Å². The Kier molecular flexibility index (Phi) is 4.98. The molecule has 4 heteroatoms. The highest BCUT2D eigenvalue weighted by atomic mass is 127. The molecule has 0 aromatic rings. The minimum Gasteiger partial charge on any atom is -0.446 e. The molecular weight excluding hydrogens is 293 g/mol. The number of halogens is 1. The second kappa shape index (κ2) is 5.78. The van der Waals surface area contributed by atoms with E-state index < -0.39 is 6.09 Å². The van der Waals surface area contributed by atoms with Crippen molar-refractivity contribution in [2.45, 2.75) is 49.1 Å². The first-order valence-corrected chi connectivity index (χ1v) is 6.49. The molecule has 1 amide bonds. The zero-order valence-electron chi connectivity index (χ0n) is 8.54. The maximum atomic E-state index is 10.7. The van der Waals surface area contributed by atoms with Crippen molar-refractivity contribution in [2.75, 3.05) is 0 Å². The van der Waals surface area contributed by atoms with Crippen LogP contribution in [0, 0.1) is 5.92 Å². The van der Waals surface area contributed by atoms with Crippen LogP contribution in [0.25, 0.3) is 0 Å². The van der Waals surface area contributed by atoms with Crippen LogP contribution in [0.4, 0.5) is 4.79 Å². The number of rotatable bonds is 3. The molecule has 3 unspecified atom stereocenters. The van der Waals surface area contributed by atoms with E-state index in [1.54, 1.807) is 0 Å². The first-order valence-electron chi connectivity index (χ1n) is 5.25. The number of amides is 1. The predicted molar refractivity (Wildman–Crippen MR) is 64.5 cm³/mol. The quantitative estimate of drug-likeness (QED) is 0.643. The summed E-state index contributed by atoms with van der Waals surface area (Å²) in [6, 6.07) is 0. The van der Waals surface area contributed by atoms with E-state index in [1.807, 2.05) is 0 Å². The van der Waals surface area contributed by atoms with Crippen molar-refractivity contribution < 1.29 is 9.53 Å². The Bertz CT molecular complexity index is 199. The molecule has 1 saturated carbocycles. The van der Waals surface area contributed by atoms with Crippen LogP contribution in [0.3, 0.4) is 0 Å². The summed E-state index contributed by atoms with van der Waals surface area (Å²) in [5, 5.41) is 0. The van der Waals surface area contributed by atoms with Gasteiger partial charge in [0.1, 0.15) is 6.10 Å². The average molecular weight is 311 g/mol. The highest BCUT2D eigenvalue weighted by Crippen LogP contribution is 2.35. The predicted octanol–water partition coefficient (Wildman–Crippen LogP) is 2.85. The number of alkyl halides is 1. The Balaban J connectivity index is 2.54. The van der Waals surface area contributed by atoms with E-state index in [1.165, 1.54) is 6.42 Å². The van der Waals surface area contributed by atoms with E-state index in [9.17, 15) is 4.79 Å². The lowest BCUT2D eigenvalue weighted by molar-refractivity contribution is 0.0445. The third-order valence-corrected chi connectivity index (χ3v) is 4.35. The Labute approximate surface area is 98.9 Å². The van der Waals surface area contributed by atoms with Crippen LogP contribution in [0.15, 0.2) is 0 Å². The molecule has 82 valence electrons. The summed E-state index contributed by atoms with van der Waals surface area (Å²) in [7, 11) is 0. The molecule has 3 nitrogen and oxygen atoms in total. The smallest absolute Gasteiger partial charge is 0.404 e. The van der Waals surface area contributed by atoms with Gasteiger partial charge in [0.2, 0.25) is 0 Å². The summed E-state index contributed by atoms with van der Waals surface area (Å²) in [5.41, 5.74) is 5.06. The van der Waals surface area contributed by atoms with Crippen LogP contribution >= 0.6 is 22.6 Å².